The minimum atomic E-state index is -5.11. The number of alkyl halides is 3. The van der Waals surface area contributed by atoms with Crippen molar-refractivity contribution < 1.29 is 37.7 Å². The van der Waals surface area contributed by atoms with Crippen molar-refractivity contribution in [2.45, 2.75) is 31.5 Å². The monoisotopic (exact) mass is 567 g/mol. The maximum Gasteiger partial charge on any atom is 0.422 e. The molecule has 1 aliphatic heterocycles. The molecule has 0 spiro atoms. The third kappa shape index (κ3) is 4.70. The average Bonchev–Trinajstić information content (AvgIpc) is 2.86. The molecule has 4 rings (SSSR count). The van der Waals surface area contributed by atoms with Gasteiger partial charge >= 0.3 is 12.1 Å². The van der Waals surface area contributed by atoms with E-state index in [0.717, 1.165) is 12.1 Å². The maximum atomic E-state index is 14.6. The number of benzene rings is 3. The van der Waals surface area contributed by atoms with Gasteiger partial charge in [0.2, 0.25) is 0 Å². The summed E-state index contributed by atoms with van der Waals surface area (Å²) in [5, 5.41) is 20.4. The molecular weight excluding hydrogens is 546 g/mol. The number of halogens is 5. The molecule has 6 nitrogen and oxygen atoms in total. The topological polar surface area (TPSA) is 87.1 Å². The van der Waals surface area contributed by atoms with Crippen molar-refractivity contribution in [2.75, 3.05) is 18.1 Å². The second-order valence-electron chi connectivity index (χ2n) is 8.83. The molecule has 0 radical (unpaired) electrons. The van der Waals surface area contributed by atoms with Crippen LogP contribution in [0.2, 0.25) is 10.0 Å². The lowest BCUT2D eigenvalue weighted by molar-refractivity contribution is -0.274. The Morgan fingerprint density at radius 3 is 2.24 bits per heavy atom. The van der Waals surface area contributed by atoms with Crippen molar-refractivity contribution >= 4 is 40.8 Å². The zero-order chi connectivity index (χ0) is 28.0. The van der Waals surface area contributed by atoms with Gasteiger partial charge < -0.3 is 19.8 Å². The summed E-state index contributed by atoms with van der Waals surface area (Å²) in [5.41, 5.74) is -2.76. The number of nitrogens with zero attached hydrogens (tertiary/aromatic N) is 1. The zero-order valence-electron chi connectivity index (χ0n) is 20.1. The highest BCUT2D eigenvalue weighted by molar-refractivity contribution is 6.34. The Labute approximate surface area is 226 Å². The summed E-state index contributed by atoms with van der Waals surface area (Å²) >= 11 is 12.5. The maximum absolute atomic E-state index is 14.6. The van der Waals surface area contributed by atoms with Crippen LogP contribution in [0.5, 0.6) is 5.75 Å². The second-order valence-corrected chi connectivity index (χ2v) is 9.65. The van der Waals surface area contributed by atoms with Crippen molar-refractivity contribution in [3.8, 4) is 16.9 Å². The standard InChI is InChI=1S/C27H22Cl2F3NO5/c1-3-33-22-12-17(6-9-23(22)38-13-24(33)34)26(37,27(30,31)32)14(2)18-7-4-15(10-20(18)28)16-5-8-19(25(35)36)21(29)11-16/h4-12,14,37H,3,13H2,1-2H3,(H,35,36)/t14-,26-/m1/s1. The van der Waals surface area contributed by atoms with Crippen molar-refractivity contribution in [1.29, 1.82) is 0 Å². The van der Waals surface area contributed by atoms with Crippen LogP contribution in [0.4, 0.5) is 18.9 Å². The molecule has 3 aromatic rings. The normalized spacial score (nSPS) is 15.9. The van der Waals surface area contributed by atoms with E-state index >= 15 is 0 Å². The largest absolute Gasteiger partial charge is 0.482 e. The van der Waals surface area contributed by atoms with E-state index < -0.39 is 35.1 Å². The molecule has 0 saturated heterocycles. The van der Waals surface area contributed by atoms with E-state index in [1.165, 1.54) is 54.3 Å². The molecule has 1 aliphatic rings. The Balaban J connectivity index is 1.77. The summed E-state index contributed by atoms with van der Waals surface area (Å²) in [6, 6.07) is 12.1. The lowest BCUT2D eigenvalue weighted by Crippen LogP contribution is -2.47. The summed E-state index contributed by atoms with van der Waals surface area (Å²) in [5.74, 6) is -2.93. The fourth-order valence-electron chi connectivity index (χ4n) is 4.60. The SMILES string of the molecule is CCN1C(=O)COc2ccc([C@](O)([C@H](C)c3ccc(-c4ccc(C(=O)O)c(Cl)c4)cc3Cl)C(F)(F)F)cc21. The first-order valence-electron chi connectivity index (χ1n) is 11.5. The summed E-state index contributed by atoms with van der Waals surface area (Å²) in [7, 11) is 0. The summed E-state index contributed by atoms with van der Waals surface area (Å²) < 4.78 is 49.1. The van der Waals surface area contributed by atoms with Gasteiger partial charge in [-0.25, -0.2) is 4.79 Å². The average molecular weight is 568 g/mol. The molecule has 2 atom stereocenters. The van der Waals surface area contributed by atoms with Gasteiger partial charge in [-0.2, -0.15) is 13.2 Å². The molecule has 1 heterocycles. The second kappa shape index (κ2) is 10.1. The summed E-state index contributed by atoms with van der Waals surface area (Å²) in [4.78, 5) is 24.7. The van der Waals surface area contributed by atoms with E-state index in [1.807, 2.05) is 0 Å². The quantitative estimate of drug-likeness (QED) is 0.348. The summed E-state index contributed by atoms with van der Waals surface area (Å²) in [6.07, 6.45) is -5.11. The molecule has 0 fully saturated rings. The van der Waals surface area contributed by atoms with E-state index in [-0.39, 0.29) is 45.8 Å². The molecule has 0 aromatic heterocycles. The number of carboxylic acid groups (broad SMARTS) is 1. The number of carboxylic acids is 1. The number of anilines is 1. The first-order chi connectivity index (χ1) is 17.8. The molecule has 0 aliphatic carbocycles. The molecule has 3 aromatic carbocycles. The van der Waals surface area contributed by atoms with Crippen LogP contribution in [0.1, 0.15) is 41.3 Å². The van der Waals surface area contributed by atoms with E-state index in [1.54, 1.807) is 6.92 Å². The molecule has 200 valence electrons. The number of aliphatic hydroxyl groups is 1. The van der Waals surface area contributed by atoms with Gasteiger partial charge in [-0.05, 0) is 59.5 Å². The van der Waals surface area contributed by atoms with Gasteiger partial charge in [0.25, 0.3) is 5.91 Å². The Kier molecular flexibility index (Phi) is 7.40. The minimum Gasteiger partial charge on any atom is -0.482 e. The van der Waals surface area contributed by atoms with Crippen LogP contribution in [0.3, 0.4) is 0 Å². The van der Waals surface area contributed by atoms with E-state index in [2.05, 4.69) is 0 Å². The first-order valence-corrected chi connectivity index (χ1v) is 12.2. The number of hydrogen-bond acceptors (Lipinski definition) is 4. The van der Waals surface area contributed by atoms with Crippen LogP contribution >= 0.6 is 23.2 Å². The predicted octanol–water partition coefficient (Wildman–Crippen LogP) is 6.66. The number of fused-ring (bicyclic) bond motifs is 1. The molecule has 2 N–H and O–H groups in total. The Morgan fingerprint density at radius 2 is 1.68 bits per heavy atom. The van der Waals surface area contributed by atoms with Crippen molar-refractivity contribution in [2.24, 2.45) is 0 Å². The fourth-order valence-corrected chi connectivity index (χ4v) is 5.20. The van der Waals surface area contributed by atoms with E-state index in [4.69, 9.17) is 33.0 Å². The number of amides is 1. The van der Waals surface area contributed by atoms with Crippen molar-refractivity contribution in [3.05, 3.63) is 81.3 Å². The first kappa shape index (κ1) is 27.8. The minimum absolute atomic E-state index is 0.00833. The number of rotatable bonds is 6. The molecule has 11 heteroatoms. The molecule has 0 bridgehead atoms. The lowest BCUT2D eigenvalue weighted by atomic mass is 9.77. The lowest BCUT2D eigenvalue weighted by Gasteiger charge is -2.38. The van der Waals surface area contributed by atoms with Gasteiger partial charge in [-0.15, -0.1) is 0 Å². The van der Waals surface area contributed by atoms with Gasteiger partial charge in [-0.1, -0.05) is 54.4 Å². The number of likely N-dealkylation sites (N-methyl/N-ethyl adjacent to an activating group) is 1. The van der Waals surface area contributed by atoms with Gasteiger partial charge in [-0.3, -0.25) is 4.79 Å². The van der Waals surface area contributed by atoms with Crippen LogP contribution < -0.4 is 9.64 Å². The third-order valence-corrected chi connectivity index (χ3v) is 7.36. The van der Waals surface area contributed by atoms with Crippen LogP contribution in [-0.2, 0) is 10.4 Å². The zero-order valence-corrected chi connectivity index (χ0v) is 21.7. The highest BCUT2D eigenvalue weighted by atomic mass is 35.5. The number of aromatic carboxylic acids is 1. The third-order valence-electron chi connectivity index (χ3n) is 6.72. The molecule has 0 unspecified atom stereocenters. The molecular formula is C27H22Cl2F3NO5. The number of ether oxygens (including phenoxy) is 1. The van der Waals surface area contributed by atoms with Gasteiger partial charge in [0.05, 0.1) is 16.3 Å². The van der Waals surface area contributed by atoms with E-state index in [0.29, 0.717) is 11.1 Å². The molecule has 1 amide bonds. The van der Waals surface area contributed by atoms with Gasteiger partial charge in [0.1, 0.15) is 5.75 Å². The smallest absolute Gasteiger partial charge is 0.422 e. The number of hydrogen-bond donors (Lipinski definition) is 2. The van der Waals surface area contributed by atoms with Crippen LogP contribution in [-0.4, -0.2) is 41.4 Å². The predicted molar refractivity (Wildman–Crippen MR) is 137 cm³/mol. The van der Waals surface area contributed by atoms with E-state index in [9.17, 15) is 27.9 Å². The summed E-state index contributed by atoms with van der Waals surface area (Å²) in [6.45, 7) is 2.88. The Bertz CT molecular complexity index is 1430. The van der Waals surface area contributed by atoms with Crippen molar-refractivity contribution in [3.63, 3.8) is 0 Å². The highest BCUT2D eigenvalue weighted by Gasteiger charge is 2.59. The van der Waals surface area contributed by atoms with Gasteiger partial charge in [0, 0.05) is 17.5 Å². The van der Waals surface area contributed by atoms with Crippen LogP contribution in [0, 0.1) is 0 Å². The van der Waals surface area contributed by atoms with Crippen LogP contribution in [0.15, 0.2) is 54.6 Å². The number of carbonyl (C=O) groups is 2. The number of carbonyl (C=O) groups excluding carboxylic acids is 1. The highest BCUT2D eigenvalue weighted by Crippen LogP contribution is 2.51. The Hall–Kier alpha value is -3.27. The Morgan fingerprint density at radius 1 is 1.05 bits per heavy atom. The van der Waals surface area contributed by atoms with Gasteiger partial charge in [0.15, 0.2) is 12.2 Å². The molecule has 0 saturated carbocycles. The van der Waals surface area contributed by atoms with Crippen LogP contribution in [0.25, 0.3) is 11.1 Å². The van der Waals surface area contributed by atoms with Crippen molar-refractivity contribution in [1.82, 2.24) is 0 Å². The molecule has 38 heavy (non-hydrogen) atoms. The fraction of sp³-hybridized carbons (Fsp3) is 0.259.